The molecule has 0 heterocycles. The molecule has 0 aliphatic heterocycles. The molecule has 0 bridgehead atoms. The third-order valence-corrected chi connectivity index (χ3v) is 5.90. The average Bonchev–Trinajstić information content (AvgIpc) is 2.93. The van der Waals surface area contributed by atoms with Crippen LogP contribution in [0.2, 0.25) is 0 Å². The lowest BCUT2D eigenvalue weighted by Gasteiger charge is -2.23. The predicted molar refractivity (Wildman–Crippen MR) is 86.7 cm³/mol. The van der Waals surface area contributed by atoms with Gasteiger partial charge in [-0.2, -0.15) is 0 Å². The molecule has 2 nitrogen and oxygen atoms in total. The van der Waals surface area contributed by atoms with Gasteiger partial charge in [0.05, 0.1) is 10.8 Å². The molecule has 0 saturated carbocycles. The Morgan fingerprint density at radius 3 is 2.70 bits per heavy atom. The van der Waals surface area contributed by atoms with E-state index in [4.69, 9.17) is 0 Å². The van der Waals surface area contributed by atoms with Crippen molar-refractivity contribution in [2.45, 2.75) is 57.4 Å². The maximum Gasteiger partial charge on any atom is 0.0545 e. The lowest BCUT2D eigenvalue weighted by Crippen LogP contribution is -2.39. The molecule has 20 heavy (non-hydrogen) atoms. The molecule has 0 radical (unpaired) electrons. The summed E-state index contributed by atoms with van der Waals surface area (Å²) in [7, 11) is -0.892. The van der Waals surface area contributed by atoms with Crippen molar-refractivity contribution >= 4 is 10.8 Å². The van der Waals surface area contributed by atoms with Crippen LogP contribution in [0.3, 0.4) is 0 Å². The van der Waals surface area contributed by atoms with E-state index in [0.29, 0.717) is 12.0 Å². The van der Waals surface area contributed by atoms with E-state index in [9.17, 15) is 4.21 Å². The van der Waals surface area contributed by atoms with Crippen LogP contribution in [-0.2, 0) is 23.6 Å². The summed E-state index contributed by atoms with van der Waals surface area (Å²) in [6.45, 7) is 7.50. The fourth-order valence-electron chi connectivity index (χ4n) is 2.92. The Bertz CT molecular complexity index is 472. The molecular weight excluding hydrogens is 266 g/mol. The first-order chi connectivity index (χ1) is 9.65. The molecule has 2 rings (SSSR count). The van der Waals surface area contributed by atoms with Gasteiger partial charge in [-0.05, 0) is 55.0 Å². The monoisotopic (exact) mass is 293 g/mol. The first-order valence-electron chi connectivity index (χ1n) is 7.89. The van der Waals surface area contributed by atoms with Gasteiger partial charge in [-0.25, -0.2) is 0 Å². The van der Waals surface area contributed by atoms with Crippen LogP contribution >= 0.6 is 0 Å². The van der Waals surface area contributed by atoms with Gasteiger partial charge in [0.15, 0.2) is 0 Å². The lowest BCUT2D eigenvalue weighted by molar-refractivity contribution is 0.401. The highest BCUT2D eigenvalue weighted by molar-refractivity contribution is 7.85. The minimum atomic E-state index is -0.892. The summed E-state index contributed by atoms with van der Waals surface area (Å²) in [5, 5.41) is 3.49. The maximum absolute atomic E-state index is 12.6. The number of fused-ring (bicyclic) bond motifs is 1. The van der Waals surface area contributed by atoms with Crippen molar-refractivity contribution in [2.75, 3.05) is 12.3 Å². The molecule has 0 aromatic heterocycles. The summed E-state index contributed by atoms with van der Waals surface area (Å²) in [4.78, 5) is 1.01. The van der Waals surface area contributed by atoms with Crippen molar-refractivity contribution in [1.82, 2.24) is 5.32 Å². The molecule has 3 heteroatoms. The van der Waals surface area contributed by atoms with Crippen molar-refractivity contribution in [1.29, 1.82) is 0 Å². The van der Waals surface area contributed by atoms with Gasteiger partial charge in [0, 0.05) is 16.7 Å². The van der Waals surface area contributed by atoms with Gasteiger partial charge in [-0.1, -0.05) is 33.3 Å². The molecule has 1 N–H and O–H groups in total. The molecule has 1 aromatic carbocycles. The summed E-state index contributed by atoms with van der Waals surface area (Å²) in [5.74, 6) is 1.29. The maximum atomic E-state index is 12.6. The third kappa shape index (κ3) is 3.70. The SMILES string of the molecule is CCNC(CS(=O)c1ccc2c(c1)CCC2)C(C)CC. The Morgan fingerprint density at radius 2 is 2.00 bits per heavy atom. The average molecular weight is 293 g/mol. The minimum absolute atomic E-state index is 0.346. The highest BCUT2D eigenvalue weighted by atomic mass is 32.2. The van der Waals surface area contributed by atoms with E-state index in [-0.39, 0.29) is 0 Å². The molecule has 1 aliphatic rings. The lowest BCUT2D eigenvalue weighted by atomic mass is 10.0. The van der Waals surface area contributed by atoms with Gasteiger partial charge in [0.1, 0.15) is 0 Å². The molecule has 0 saturated heterocycles. The van der Waals surface area contributed by atoms with Gasteiger partial charge in [0.2, 0.25) is 0 Å². The van der Waals surface area contributed by atoms with Gasteiger partial charge >= 0.3 is 0 Å². The quantitative estimate of drug-likeness (QED) is 0.835. The second-order valence-corrected chi connectivity index (χ2v) is 7.34. The van der Waals surface area contributed by atoms with Crippen molar-refractivity contribution in [2.24, 2.45) is 5.92 Å². The Labute approximate surface area is 125 Å². The van der Waals surface area contributed by atoms with Crippen LogP contribution in [0.4, 0.5) is 0 Å². The van der Waals surface area contributed by atoms with Gasteiger partial charge < -0.3 is 5.32 Å². The molecule has 0 fully saturated rings. The number of benzene rings is 1. The zero-order chi connectivity index (χ0) is 14.5. The van der Waals surface area contributed by atoms with Crippen LogP contribution in [-0.4, -0.2) is 22.5 Å². The predicted octanol–water partition coefficient (Wildman–Crippen LogP) is 3.31. The van der Waals surface area contributed by atoms with E-state index < -0.39 is 10.8 Å². The van der Waals surface area contributed by atoms with Crippen LogP contribution in [0.1, 0.15) is 44.7 Å². The Hall–Kier alpha value is -0.670. The number of aryl methyl sites for hydroxylation is 2. The summed E-state index contributed by atoms with van der Waals surface area (Å²) in [6.07, 6.45) is 4.72. The number of hydrogen-bond acceptors (Lipinski definition) is 2. The fraction of sp³-hybridized carbons (Fsp3) is 0.647. The molecule has 1 aliphatic carbocycles. The Morgan fingerprint density at radius 1 is 1.25 bits per heavy atom. The second-order valence-electron chi connectivity index (χ2n) is 5.85. The van der Waals surface area contributed by atoms with Crippen LogP contribution in [0, 0.1) is 5.92 Å². The van der Waals surface area contributed by atoms with Crippen molar-refractivity contribution in [3.8, 4) is 0 Å². The zero-order valence-electron chi connectivity index (χ0n) is 12.9. The molecule has 3 unspecified atom stereocenters. The molecule has 112 valence electrons. The smallest absolute Gasteiger partial charge is 0.0545 e. The third-order valence-electron chi connectivity index (χ3n) is 4.46. The second kappa shape index (κ2) is 7.37. The van der Waals surface area contributed by atoms with E-state index >= 15 is 0 Å². The summed E-state index contributed by atoms with van der Waals surface area (Å²) >= 11 is 0. The molecule has 0 spiro atoms. The summed E-state index contributed by atoms with van der Waals surface area (Å²) < 4.78 is 12.6. The highest BCUT2D eigenvalue weighted by Crippen LogP contribution is 2.24. The first kappa shape index (κ1) is 15.7. The fourth-order valence-corrected chi connectivity index (χ4v) is 4.38. The molecule has 1 aromatic rings. The van der Waals surface area contributed by atoms with E-state index in [0.717, 1.165) is 30.0 Å². The topological polar surface area (TPSA) is 29.1 Å². The van der Waals surface area contributed by atoms with Crippen LogP contribution in [0.25, 0.3) is 0 Å². The van der Waals surface area contributed by atoms with Gasteiger partial charge in [-0.3, -0.25) is 4.21 Å². The van der Waals surface area contributed by atoms with Gasteiger partial charge in [-0.15, -0.1) is 0 Å². The van der Waals surface area contributed by atoms with Crippen LogP contribution in [0.5, 0.6) is 0 Å². The Kier molecular flexibility index (Phi) is 5.79. The van der Waals surface area contributed by atoms with E-state index in [1.54, 1.807) is 0 Å². The number of rotatable bonds is 7. The largest absolute Gasteiger partial charge is 0.313 e. The normalized spacial score (nSPS) is 18.6. The highest BCUT2D eigenvalue weighted by Gasteiger charge is 2.20. The summed E-state index contributed by atoms with van der Waals surface area (Å²) in [5.41, 5.74) is 2.87. The standard InChI is InChI=1S/C17H27NOS/c1-4-13(3)17(18-5-2)12-20(19)16-10-9-14-7-6-8-15(14)11-16/h9-11,13,17-18H,4-8,12H2,1-3H3. The zero-order valence-corrected chi connectivity index (χ0v) is 13.8. The van der Waals surface area contributed by atoms with Crippen molar-refractivity contribution < 1.29 is 4.21 Å². The van der Waals surface area contributed by atoms with Crippen molar-refractivity contribution in [3.05, 3.63) is 29.3 Å². The van der Waals surface area contributed by atoms with Crippen LogP contribution < -0.4 is 5.32 Å². The Balaban J connectivity index is 2.06. The molecular formula is C17H27NOS. The minimum Gasteiger partial charge on any atom is -0.313 e. The van der Waals surface area contributed by atoms with Crippen molar-refractivity contribution in [3.63, 3.8) is 0 Å². The molecule has 0 amide bonds. The van der Waals surface area contributed by atoms with E-state index in [1.807, 2.05) is 0 Å². The molecule has 3 atom stereocenters. The summed E-state index contributed by atoms with van der Waals surface area (Å²) in [6, 6.07) is 6.78. The number of hydrogen-bond donors (Lipinski definition) is 1. The van der Waals surface area contributed by atoms with Gasteiger partial charge in [0.25, 0.3) is 0 Å². The van der Waals surface area contributed by atoms with E-state index in [2.05, 4.69) is 44.3 Å². The van der Waals surface area contributed by atoms with Crippen LogP contribution in [0.15, 0.2) is 23.1 Å². The number of nitrogens with one attached hydrogen (secondary N) is 1. The van der Waals surface area contributed by atoms with E-state index in [1.165, 1.54) is 24.0 Å². The first-order valence-corrected chi connectivity index (χ1v) is 9.21.